The molecule has 0 aromatic heterocycles. The number of amides is 1. The van der Waals surface area contributed by atoms with Crippen LogP contribution in [0.3, 0.4) is 0 Å². The van der Waals surface area contributed by atoms with E-state index in [0.717, 1.165) is 0 Å². The average Bonchev–Trinajstić information content (AvgIpc) is 2.70. The van der Waals surface area contributed by atoms with Crippen molar-refractivity contribution in [2.75, 3.05) is 24.7 Å². The van der Waals surface area contributed by atoms with Crippen LogP contribution < -0.4 is 14.4 Å². The minimum absolute atomic E-state index is 0.00460. The number of ether oxygens (including phenoxy) is 3. The first kappa shape index (κ1) is 17.3. The molecule has 7 heteroatoms. The summed E-state index contributed by atoms with van der Waals surface area (Å²) in [7, 11) is 0. The van der Waals surface area contributed by atoms with Crippen LogP contribution in [0.2, 0.25) is 0 Å². The molecule has 0 saturated carbocycles. The Morgan fingerprint density at radius 2 is 1.81 bits per heavy atom. The molecule has 1 heterocycles. The maximum Gasteiger partial charge on any atom is 0.351 e. The summed E-state index contributed by atoms with van der Waals surface area (Å²) in [5, 5.41) is 8.93. The van der Waals surface area contributed by atoms with Crippen molar-refractivity contribution in [1.29, 1.82) is 5.26 Å². The zero-order valence-corrected chi connectivity index (χ0v) is 13.8. The van der Waals surface area contributed by atoms with Gasteiger partial charge in [0.15, 0.2) is 18.1 Å². The fourth-order valence-corrected chi connectivity index (χ4v) is 2.44. The van der Waals surface area contributed by atoms with Crippen molar-refractivity contribution in [2.45, 2.75) is 6.10 Å². The van der Waals surface area contributed by atoms with Crippen molar-refractivity contribution >= 4 is 17.6 Å². The predicted molar refractivity (Wildman–Crippen MR) is 91.7 cm³/mol. The first-order valence-electron chi connectivity index (χ1n) is 7.96. The maximum absolute atomic E-state index is 12.3. The molecule has 0 saturated heterocycles. The van der Waals surface area contributed by atoms with E-state index in [1.54, 1.807) is 54.6 Å². The van der Waals surface area contributed by atoms with E-state index >= 15 is 0 Å². The number of nitrogens with zero attached hydrogens (tertiary/aromatic N) is 2. The van der Waals surface area contributed by atoms with E-state index in [1.807, 2.05) is 6.07 Å². The summed E-state index contributed by atoms with van der Waals surface area (Å²) >= 11 is 0. The summed E-state index contributed by atoms with van der Waals surface area (Å²) in [5.74, 6) is -0.194. The molecule has 0 radical (unpaired) electrons. The summed E-state index contributed by atoms with van der Waals surface area (Å²) in [6.07, 6.45) is -0.946. The van der Waals surface area contributed by atoms with E-state index in [-0.39, 0.29) is 13.2 Å². The van der Waals surface area contributed by atoms with E-state index < -0.39 is 24.6 Å². The molecular formula is C19H16N2O5. The molecule has 0 bridgehead atoms. The Kier molecular flexibility index (Phi) is 5.34. The van der Waals surface area contributed by atoms with Gasteiger partial charge in [0.25, 0.3) is 5.91 Å². The Morgan fingerprint density at radius 3 is 2.54 bits per heavy atom. The highest BCUT2D eigenvalue weighted by Crippen LogP contribution is 2.31. The third kappa shape index (κ3) is 3.92. The Hall–Kier alpha value is -3.53. The molecular weight excluding hydrogens is 336 g/mol. The van der Waals surface area contributed by atoms with Gasteiger partial charge in [0.1, 0.15) is 13.2 Å². The molecule has 3 rings (SSSR count). The lowest BCUT2D eigenvalue weighted by Gasteiger charge is -2.25. The van der Waals surface area contributed by atoms with Crippen LogP contribution in [0.5, 0.6) is 11.5 Å². The van der Waals surface area contributed by atoms with Gasteiger partial charge >= 0.3 is 5.97 Å². The number of rotatable bonds is 5. The lowest BCUT2D eigenvalue weighted by molar-refractivity contribution is -0.157. The number of hydrogen-bond acceptors (Lipinski definition) is 6. The molecule has 2 aromatic rings. The smallest absolute Gasteiger partial charge is 0.351 e. The number of para-hydroxylation sites is 3. The first-order chi connectivity index (χ1) is 12.7. The third-order valence-corrected chi connectivity index (χ3v) is 3.71. The third-order valence-electron chi connectivity index (χ3n) is 3.71. The summed E-state index contributed by atoms with van der Waals surface area (Å²) in [4.78, 5) is 25.8. The van der Waals surface area contributed by atoms with E-state index in [9.17, 15) is 9.59 Å². The molecule has 0 N–H and O–H groups in total. The number of hydrogen-bond donors (Lipinski definition) is 0. The van der Waals surface area contributed by atoms with E-state index in [2.05, 4.69) is 0 Å². The van der Waals surface area contributed by atoms with Gasteiger partial charge < -0.3 is 14.2 Å². The van der Waals surface area contributed by atoms with Crippen LogP contribution in [0.4, 0.5) is 5.69 Å². The van der Waals surface area contributed by atoms with Crippen LogP contribution in [0.1, 0.15) is 0 Å². The van der Waals surface area contributed by atoms with Gasteiger partial charge in [-0.2, -0.15) is 5.26 Å². The number of carbonyl (C=O) groups excluding carboxylic acids is 2. The van der Waals surface area contributed by atoms with Gasteiger partial charge in [-0.25, -0.2) is 4.79 Å². The SMILES string of the molecule is N#CCN(C(=O)COC(=O)[C@@H]1COc2ccccc2O1)c1ccccc1. The van der Waals surface area contributed by atoms with E-state index in [0.29, 0.717) is 17.2 Å². The van der Waals surface area contributed by atoms with Crippen molar-refractivity contribution < 1.29 is 23.8 Å². The molecule has 1 amide bonds. The second kappa shape index (κ2) is 8.03. The van der Waals surface area contributed by atoms with Gasteiger partial charge in [0, 0.05) is 5.69 Å². The Labute approximate surface area is 150 Å². The Balaban J connectivity index is 1.58. The van der Waals surface area contributed by atoms with Crippen LogP contribution >= 0.6 is 0 Å². The van der Waals surface area contributed by atoms with Crippen LogP contribution in [0.15, 0.2) is 54.6 Å². The number of anilines is 1. The highest BCUT2D eigenvalue weighted by atomic mass is 16.6. The molecule has 1 aliphatic heterocycles. The lowest BCUT2D eigenvalue weighted by Crippen LogP contribution is -2.40. The van der Waals surface area contributed by atoms with Crippen molar-refractivity contribution in [3.8, 4) is 17.6 Å². The summed E-state index contributed by atoms with van der Waals surface area (Å²) in [6, 6.07) is 17.6. The Morgan fingerprint density at radius 1 is 1.12 bits per heavy atom. The van der Waals surface area contributed by atoms with Crippen LogP contribution in [0, 0.1) is 11.3 Å². The molecule has 0 fully saturated rings. The van der Waals surface area contributed by atoms with Gasteiger partial charge in [0.2, 0.25) is 6.10 Å². The molecule has 0 spiro atoms. The fourth-order valence-electron chi connectivity index (χ4n) is 2.44. The zero-order valence-electron chi connectivity index (χ0n) is 13.8. The van der Waals surface area contributed by atoms with E-state index in [4.69, 9.17) is 19.5 Å². The first-order valence-corrected chi connectivity index (χ1v) is 7.96. The van der Waals surface area contributed by atoms with Crippen LogP contribution in [-0.2, 0) is 14.3 Å². The molecule has 132 valence electrons. The second-order valence-electron chi connectivity index (χ2n) is 5.45. The number of nitriles is 1. The van der Waals surface area contributed by atoms with Gasteiger partial charge in [-0.05, 0) is 24.3 Å². The lowest BCUT2D eigenvalue weighted by atomic mass is 10.2. The minimum Gasteiger partial charge on any atom is -0.485 e. The second-order valence-corrected chi connectivity index (χ2v) is 5.45. The summed E-state index contributed by atoms with van der Waals surface area (Å²) in [5.41, 5.74) is 0.557. The normalized spacial score (nSPS) is 14.8. The molecule has 0 unspecified atom stereocenters. The molecule has 2 aromatic carbocycles. The molecule has 7 nitrogen and oxygen atoms in total. The number of esters is 1. The predicted octanol–water partition coefficient (Wildman–Crippen LogP) is 1.93. The number of benzene rings is 2. The minimum atomic E-state index is -0.946. The van der Waals surface area contributed by atoms with Crippen LogP contribution in [0.25, 0.3) is 0 Å². The standard InChI is InChI=1S/C19H16N2O5/c20-10-11-21(14-6-2-1-3-7-14)18(22)13-25-19(23)17-12-24-15-8-4-5-9-16(15)26-17/h1-9,17H,11-13H2/t17-/m0/s1. The monoisotopic (exact) mass is 352 g/mol. The van der Waals surface area contributed by atoms with Gasteiger partial charge in [-0.1, -0.05) is 30.3 Å². The highest BCUT2D eigenvalue weighted by molar-refractivity contribution is 5.95. The Bertz CT molecular complexity index is 831. The van der Waals surface area contributed by atoms with Crippen LogP contribution in [-0.4, -0.2) is 37.7 Å². The van der Waals surface area contributed by atoms with E-state index in [1.165, 1.54) is 4.90 Å². The molecule has 26 heavy (non-hydrogen) atoms. The van der Waals surface area contributed by atoms with Crippen molar-refractivity contribution in [3.63, 3.8) is 0 Å². The summed E-state index contributed by atoms with van der Waals surface area (Å²) in [6.45, 7) is -0.627. The largest absolute Gasteiger partial charge is 0.485 e. The molecule has 1 aliphatic rings. The van der Waals surface area contributed by atoms with Gasteiger partial charge in [-0.15, -0.1) is 0 Å². The van der Waals surface area contributed by atoms with Gasteiger partial charge in [0.05, 0.1) is 6.07 Å². The average molecular weight is 352 g/mol. The van der Waals surface area contributed by atoms with Crippen molar-refractivity contribution in [2.24, 2.45) is 0 Å². The topological polar surface area (TPSA) is 88.9 Å². The van der Waals surface area contributed by atoms with Gasteiger partial charge in [-0.3, -0.25) is 9.69 Å². The number of fused-ring (bicyclic) bond motifs is 1. The van der Waals surface area contributed by atoms with Crippen molar-refractivity contribution in [1.82, 2.24) is 0 Å². The maximum atomic E-state index is 12.3. The quantitative estimate of drug-likeness (QED) is 0.603. The highest BCUT2D eigenvalue weighted by Gasteiger charge is 2.29. The molecule has 1 atom stereocenters. The zero-order chi connectivity index (χ0) is 18.4. The summed E-state index contributed by atoms with van der Waals surface area (Å²) < 4.78 is 16.1. The molecule has 0 aliphatic carbocycles. The number of carbonyl (C=O) groups is 2. The fraction of sp³-hybridized carbons (Fsp3) is 0.211. The van der Waals surface area contributed by atoms with Crippen molar-refractivity contribution in [3.05, 3.63) is 54.6 Å².